The number of thioether (sulfide) groups is 1. The number of nitrogens with zero attached hydrogens (tertiary/aromatic N) is 3. The number of aromatic nitrogens is 3. The number of nitrogens with one attached hydrogen (secondary N) is 1. The highest BCUT2D eigenvalue weighted by molar-refractivity contribution is 8.00. The molecule has 4 rings (SSSR count). The molecule has 1 amide bonds. The summed E-state index contributed by atoms with van der Waals surface area (Å²) in [5.41, 5.74) is 1.29. The van der Waals surface area contributed by atoms with Crippen molar-refractivity contribution in [1.29, 1.82) is 0 Å². The lowest BCUT2D eigenvalue weighted by Crippen LogP contribution is -2.29. The van der Waals surface area contributed by atoms with E-state index in [1.807, 2.05) is 30.3 Å². The second-order valence-corrected chi connectivity index (χ2v) is 7.61. The number of hydrogen-bond donors (Lipinski definition) is 1. The number of carbonyl (C=O) groups is 1. The monoisotopic (exact) mass is 382 g/mol. The molecule has 1 aliphatic rings. The van der Waals surface area contributed by atoms with E-state index >= 15 is 0 Å². The predicted molar refractivity (Wildman–Crippen MR) is 103 cm³/mol. The maximum Gasteiger partial charge on any atom is 0.238 e. The molecule has 27 heavy (non-hydrogen) atoms. The van der Waals surface area contributed by atoms with Crippen molar-refractivity contribution in [2.24, 2.45) is 7.05 Å². The number of halogens is 1. The smallest absolute Gasteiger partial charge is 0.238 e. The summed E-state index contributed by atoms with van der Waals surface area (Å²) in [5, 5.41) is 11.5. The van der Waals surface area contributed by atoms with Crippen LogP contribution in [0.2, 0.25) is 0 Å². The summed E-state index contributed by atoms with van der Waals surface area (Å²) in [5.74, 6) is 0.0461. The van der Waals surface area contributed by atoms with Crippen LogP contribution >= 0.6 is 11.8 Å². The zero-order valence-electron chi connectivity index (χ0n) is 14.8. The van der Waals surface area contributed by atoms with E-state index < -0.39 is 5.25 Å². The van der Waals surface area contributed by atoms with Gasteiger partial charge >= 0.3 is 0 Å². The van der Waals surface area contributed by atoms with Gasteiger partial charge in [0.15, 0.2) is 11.0 Å². The van der Waals surface area contributed by atoms with Crippen molar-refractivity contribution >= 4 is 17.7 Å². The van der Waals surface area contributed by atoms with Gasteiger partial charge in [0.25, 0.3) is 0 Å². The van der Waals surface area contributed by atoms with Gasteiger partial charge in [-0.3, -0.25) is 4.79 Å². The quantitative estimate of drug-likeness (QED) is 0.660. The Labute approximate surface area is 161 Å². The Balaban J connectivity index is 1.63. The fourth-order valence-corrected chi connectivity index (χ4v) is 3.82. The van der Waals surface area contributed by atoms with Crippen molar-refractivity contribution in [2.45, 2.75) is 29.3 Å². The third-order valence-electron chi connectivity index (χ3n) is 4.44. The molecule has 0 spiro atoms. The molecule has 7 heteroatoms. The molecular formula is C20H19FN4OS. The molecule has 0 aliphatic heterocycles. The molecule has 3 aromatic rings. The second-order valence-electron chi connectivity index (χ2n) is 6.54. The van der Waals surface area contributed by atoms with Crippen molar-refractivity contribution in [3.8, 4) is 11.4 Å². The summed E-state index contributed by atoms with van der Waals surface area (Å²) in [6.07, 6.45) is 2.05. The lowest BCUT2D eigenvalue weighted by atomic mass is 10.1. The van der Waals surface area contributed by atoms with Gasteiger partial charge in [-0.15, -0.1) is 10.2 Å². The molecule has 1 aliphatic carbocycles. The van der Waals surface area contributed by atoms with Gasteiger partial charge in [-0.25, -0.2) is 4.39 Å². The van der Waals surface area contributed by atoms with Crippen molar-refractivity contribution in [1.82, 2.24) is 20.1 Å². The SMILES string of the molecule is Cn1c(S[C@H](C(=O)NC2CC2)c2ccccc2)nnc1-c1ccccc1F. The van der Waals surface area contributed by atoms with Gasteiger partial charge in [-0.2, -0.15) is 0 Å². The number of carbonyl (C=O) groups excluding carboxylic acids is 1. The van der Waals surface area contributed by atoms with Crippen LogP contribution in [0, 0.1) is 5.82 Å². The van der Waals surface area contributed by atoms with E-state index in [4.69, 9.17) is 0 Å². The second kappa shape index (κ2) is 7.52. The zero-order chi connectivity index (χ0) is 18.8. The highest BCUT2D eigenvalue weighted by Gasteiger charge is 2.30. The van der Waals surface area contributed by atoms with E-state index in [-0.39, 0.29) is 17.8 Å². The highest BCUT2D eigenvalue weighted by atomic mass is 32.2. The van der Waals surface area contributed by atoms with Gasteiger partial charge in [0.05, 0.1) is 5.56 Å². The van der Waals surface area contributed by atoms with Crippen LogP contribution in [-0.4, -0.2) is 26.7 Å². The minimum absolute atomic E-state index is 0.0378. The molecule has 1 N–H and O–H groups in total. The minimum Gasteiger partial charge on any atom is -0.352 e. The van der Waals surface area contributed by atoms with Crippen LogP contribution in [0.4, 0.5) is 4.39 Å². The number of amides is 1. The summed E-state index contributed by atoms with van der Waals surface area (Å²) in [6.45, 7) is 0. The Hall–Kier alpha value is -2.67. The standard InChI is InChI=1S/C20H19FN4OS/c1-25-18(15-9-5-6-10-16(15)21)23-24-20(25)27-17(13-7-3-2-4-8-13)19(26)22-14-11-12-14/h2-10,14,17H,11-12H2,1H3,(H,22,26)/t17-/m0/s1. The lowest BCUT2D eigenvalue weighted by molar-refractivity contribution is -0.120. The summed E-state index contributed by atoms with van der Waals surface area (Å²) >= 11 is 1.32. The Morgan fingerprint density at radius 1 is 1.15 bits per heavy atom. The molecule has 1 atom stereocenters. The van der Waals surface area contributed by atoms with Crippen LogP contribution in [0.25, 0.3) is 11.4 Å². The first-order valence-electron chi connectivity index (χ1n) is 8.80. The maximum absolute atomic E-state index is 14.1. The van der Waals surface area contributed by atoms with Crippen molar-refractivity contribution in [3.63, 3.8) is 0 Å². The molecule has 1 aromatic heterocycles. The first-order valence-corrected chi connectivity index (χ1v) is 9.67. The average Bonchev–Trinajstić information content (AvgIpc) is 3.42. The lowest BCUT2D eigenvalue weighted by Gasteiger charge is -2.16. The fraction of sp³-hybridized carbons (Fsp3) is 0.250. The van der Waals surface area contributed by atoms with Crippen LogP contribution in [0.15, 0.2) is 59.8 Å². The van der Waals surface area contributed by atoms with Gasteiger partial charge in [-0.1, -0.05) is 54.2 Å². The van der Waals surface area contributed by atoms with Gasteiger partial charge in [0.2, 0.25) is 5.91 Å². The van der Waals surface area contributed by atoms with E-state index in [9.17, 15) is 9.18 Å². The van der Waals surface area contributed by atoms with Crippen LogP contribution < -0.4 is 5.32 Å². The molecular weight excluding hydrogens is 363 g/mol. The van der Waals surface area contributed by atoms with Crippen LogP contribution in [0.3, 0.4) is 0 Å². The van der Waals surface area contributed by atoms with Crippen LogP contribution in [0.1, 0.15) is 23.7 Å². The molecule has 1 fully saturated rings. The third kappa shape index (κ3) is 3.88. The van der Waals surface area contributed by atoms with E-state index in [2.05, 4.69) is 15.5 Å². The van der Waals surface area contributed by atoms with E-state index in [0.29, 0.717) is 16.5 Å². The molecule has 0 unspecified atom stereocenters. The average molecular weight is 382 g/mol. The van der Waals surface area contributed by atoms with E-state index in [0.717, 1.165) is 18.4 Å². The summed E-state index contributed by atoms with van der Waals surface area (Å²) in [7, 11) is 1.78. The molecule has 0 saturated heterocycles. The summed E-state index contributed by atoms with van der Waals surface area (Å²) in [4.78, 5) is 12.8. The molecule has 1 saturated carbocycles. The summed E-state index contributed by atoms with van der Waals surface area (Å²) < 4.78 is 15.8. The molecule has 2 aromatic carbocycles. The maximum atomic E-state index is 14.1. The van der Waals surface area contributed by atoms with Gasteiger partial charge in [0, 0.05) is 13.1 Å². The van der Waals surface area contributed by atoms with Crippen molar-refractivity contribution in [2.75, 3.05) is 0 Å². The van der Waals surface area contributed by atoms with E-state index in [1.165, 1.54) is 17.8 Å². The Morgan fingerprint density at radius 3 is 2.56 bits per heavy atom. The molecule has 138 valence electrons. The molecule has 0 bridgehead atoms. The number of hydrogen-bond acceptors (Lipinski definition) is 4. The third-order valence-corrected chi connectivity index (χ3v) is 5.73. The Bertz CT molecular complexity index is 956. The topological polar surface area (TPSA) is 59.8 Å². The van der Waals surface area contributed by atoms with Crippen LogP contribution in [-0.2, 0) is 11.8 Å². The first-order chi connectivity index (χ1) is 13.1. The van der Waals surface area contributed by atoms with Crippen molar-refractivity contribution in [3.05, 3.63) is 66.0 Å². The highest BCUT2D eigenvalue weighted by Crippen LogP contribution is 2.36. The van der Waals surface area contributed by atoms with Crippen molar-refractivity contribution < 1.29 is 9.18 Å². The first kappa shape index (κ1) is 17.7. The molecule has 1 heterocycles. The largest absolute Gasteiger partial charge is 0.352 e. The molecule has 0 radical (unpaired) electrons. The van der Waals surface area contributed by atoms with Crippen LogP contribution in [0.5, 0.6) is 0 Å². The number of rotatable bonds is 6. The molecule has 5 nitrogen and oxygen atoms in total. The Morgan fingerprint density at radius 2 is 1.85 bits per heavy atom. The fourth-order valence-electron chi connectivity index (χ4n) is 2.81. The zero-order valence-corrected chi connectivity index (χ0v) is 15.6. The van der Waals surface area contributed by atoms with Gasteiger partial charge < -0.3 is 9.88 Å². The minimum atomic E-state index is -0.442. The normalized spacial score (nSPS) is 14.7. The Kier molecular flexibility index (Phi) is 4.94. The van der Waals surface area contributed by atoms with E-state index in [1.54, 1.807) is 29.8 Å². The number of benzene rings is 2. The predicted octanol–water partition coefficient (Wildman–Crippen LogP) is 3.73. The summed E-state index contributed by atoms with van der Waals surface area (Å²) in [6, 6.07) is 16.3. The van der Waals surface area contributed by atoms with Gasteiger partial charge in [-0.05, 0) is 30.5 Å². The van der Waals surface area contributed by atoms with Gasteiger partial charge in [0.1, 0.15) is 11.1 Å².